The maximum atomic E-state index is 8.92. The Kier molecular flexibility index (Phi) is 3.09. The summed E-state index contributed by atoms with van der Waals surface area (Å²) in [6.45, 7) is 7.37. The van der Waals surface area contributed by atoms with E-state index in [9.17, 15) is 0 Å². The van der Waals surface area contributed by atoms with Crippen LogP contribution in [0.4, 0.5) is 0 Å². The standard InChI is InChI=1S/C9H18O3/c1-7(4-10)8-5-11-6-9(2,3)12-8/h7-8,10H,4-6H2,1-3H3/t7-,8?/m1/s1. The van der Waals surface area contributed by atoms with Crippen molar-refractivity contribution in [3.05, 3.63) is 0 Å². The molecule has 0 spiro atoms. The summed E-state index contributed by atoms with van der Waals surface area (Å²) in [7, 11) is 0. The van der Waals surface area contributed by atoms with E-state index in [-0.39, 0.29) is 24.2 Å². The number of rotatable bonds is 2. The van der Waals surface area contributed by atoms with Gasteiger partial charge in [0.25, 0.3) is 0 Å². The van der Waals surface area contributed by atoms with Crippen LogP contribution in [-0.2, 0) is 9.47 Å². The largest absolute Gasteiger partial charge is 0.396 e. The van der Waals surface area contributed by atoms with Crippen molar-refractivity contribution in [2.45, 2.75) is 32.5 Å². The van der Waals surface area contributed by atoms with Crippen LogP contribution in [0.3, 0.4) is 0 Å². The Morgan fingerprint density at radius 1 is 1.58 bits per heavy atom. The molecule has 0 aliphatic carbocycles. The lowest BCUT2D eigenvalue weighted by Crippen LogP contribution is -2.46. The molecule has 12 heavy (non-hydrogen) atoms. The molecule has 0 aromatic heterocycles. The van der Waals surface area contributed by atoms with E-state index >= 15 is 0 Å². The van der Waals surface area contributed by atoms with Gasteiger partial charge in [-0.05, 0) is 13.8 Å². The fourth-order valence-electron chi connectivity index (χ4n) is 1.30. The van der Waals surface area contributed by atoms with Crippen LogP contribution in [0.5, 0.6) is 0 Å². The van der Waals surface area contributed by atoms with Gasteiger partial charge in [0, 0.05) is 12.5 Å². The van der Waals surface area contributed by atoms with Crippen molar-refractivity contribution >= 4 is 0 Å². The molecule has 1 unspecified atom stereocenters. The van der Waals surface area contributed by atoms with Crippen LogP contribution in [0.1, 0.15) is 20.8 Å². The topological polar surface area (TPSA) is 38.7 Å². The van der Waals surface area contributed by atoms with E-state index < -0.39 is 0 Å². The number of aliphatic hydroxyl groups excluding tert-OH is 1. The van der Waals surface area contributed by atoms with Crippen molar-refractivity contribution in [3.8, 4) is 0 Å². The van der Waals surface area contributed by atoms with Gasteiger partial charge in [0.2, 0.25) is 0 Å². The van der Waals surface area contributed by atoms with Crippen molar-refractivity contribution < 1.29 is 14.6 Å². The van der Waals surface area contributed by atoms with Crippen molar-refractivity contribution in [3.63, 3.8) is 0 Å². The van der Waals surface area contributed by atoms with Crippen LogP contribution >= 0.6 is 0 Å². The van der Waals surface area contributed by atoms with E-state index in [0.717, 1.165) is 0 Å². The molecule has 0 bridgehead atoms. The minimum atomic E-state index is -0.202. The van der Waals surface area contributed by atoms with Crippen LogP contribution in [0.25, 0.3) is 0 Å². The summed E-state index contributed by atoms with van der Waals surface area (Å²) in [5.41, 5.74) is -0.202. The van der Waals surface area contributed by atoms with Crippen LogP contribution in [0, 0.1) is 5.92 Å². The SMILES string of the molecule is C[C@H](CO)C1COCC(C)(C)O1. The molecule has 1 fully saturated rings. The molecule has 3 nitrogen and oxygen atoms in total. The highest BCUT2D eigenvalue weighted by molar-refractivity contribution is 4.78. The zero-order valence-electron chi connectivity index (χ0n) is 8.04. The van der Waals surface area contributed by atoms with E-state index in [0.29, 0.717) is 13.2 Å². The zero-order valence-corrected chi connectivity index (χ0v) is 8.04. The fourth-order valence-corrected chi connectivity index (χ4v) is 1.30. The van der Waals surface area contributed by atoms with E-state index in [1.165, 1.54) is 0 Å². The van der Waals surface area contributed by atoms with Crippen molar-refractivity contribution in [1.29, 1.82) is 0 Å². The van der Waals surface area contributed by atoms with Crippen LogP contribution in [0.15, 0.2) is 0 Å². The molecule has 0 saturated carbocycles. The lowest BCUT2D eigenvalue weighted by atomic mass is 10.0. The summed E-state index contributed by atoms with van der Waals surface area (Å²) >= 11 is 0. The molecule has 72 valence electrons. The van der Waals surface area contributed by atoms with Crippen LogP contribution < -0.4 is 0 Å². The van der Waals surface area contributed by atoms with Gasteiger partial charge in [-0.3, -0.25) is 0 Å². The molecule has 1 rings (SSSR count). The molecule has 1 N–H and O–H groups in total. The van der Waals surface area contributed by atoms with E-state index in [1.54, 1.807) is 0 Å². The summed E-state index contributed by atoms with van der Waals surface area (Å²) in [5, 5.41) is 8.92. The Morgan fingerprint density at radius 3 is 2.75 bits per heavy atom. The van der Waals surface area contributed by atoms with Gasteiger partial charge in [0.15, 0.2) is 0 Å². The molecule has 0 aromatic rings. The van der Waals surface area contributed by atoms with Crippen molar-refractivity contribution in [2.75, 3.05) is 19.8 Å². The smallest absolute Gasteiger partial charge is 0.0864 e. The van der Waals surface area contributed by atoms with Gasteiger partial charge >= 0.3 is 0 Å². The van der Waals surface area contributed by atoms with E-state index in [1.807, 2.05) is 20.8 Å². The molecule has 2 atom stereocenters. The minimum Gasteiger partial charge on any atom is -0.396 e. The molecule has 1 heterocycles. The Hall–Kier alpha value is -0.120. The second-order valence-corrected chi connectivity index (χ2v) is 4.09. The first-order valence-electron chi connectivity index (χ1n) is 4.41. The van der Waals surface area contributed by atoms with Gasteiger partial charge in [-0.1, -0.05) is 6.92 Å². The predicted octanol–water partition coefficient (Wildman–Crippen LogP) is 0.809. The first kappa shape index (κ1) is 9.96. The quantitative estimate of drug-likeness (QED) is 0.673. The first-order chi connectivity index (χ1) is 5.55. The normalized spacial score (nSPS) is 31.5. The molecule has 1 aliphatic heterocycles. The first-order valence-corrected chi connectivity index (χ1v) is 4.41. The van der Waals surface area contributed by atoms with Gasteiger partial charge < -0.3 is 14.6 Å². The molecule has 1 aliphatic rings. The van der Waals surface area contributed by atoms with Gasteiger partial charge in [-0.15, -0.1) is 0 Å². The summed E-state index contributed by atoms with van der Waals surface area (Å²) in [6.07, 6.45) is 0.0405. The Balaban J connectivity index is 2.46. The Labute approximate surface area is 73.7 Å². The van der Waals surface area contributed by atoms with Gasteiger partial charge in [0.1, 0.15) is 0 Å². The highest BCUT2D eigenvalue weighted by Gasteiger charge is 2.31. The average Bonchev–Trinajstić information content (AvgIpc) is 2.01. The summed E-state index contributed by atoms with van der Waals surface area (Å²) in [6, 6.07) is 0. The Morgan fingerprint density at radius 2 is 2.25 bits per heavy atom. The molecule has 1 saturated heterocycles. The maximum Gasteiger partial charge on any atom is 0.0864 e. The summed E-state index contributed by atoms with van der Waals surface area (Å²) in [4.78, 5) is 0. The van der Waals surface area contributed by atoms with E-state index in [2.05, 4.69) is 0 Å². The van der Waals surface area contributed by atoms with E-state index in [4.69, 9.17) is 14.6 Å². The maximum absolute atomic E-state index is 8.92. The van der Waals surface area contributed by atoms with Gasteiger partial charge in [0.05, 0.1) is 24.9 Å². The molecule has 0 radical (unpaired) electrons. The third kappa shape index (κ3) is 2.44. The number of aliphatic hydroxyl groups is 1. The van der Waals surface area contributed by atoms with Crippen LogP contribution in [-0.4, -0.2) is 36.6 Å². The third-order valence-electron chi connectivity index (χ3n) is 2.12. The second-order valence-electron chi connectivity index (χ2n) is 4.09. The Bertz CT molecular complexity index is 145. The fraction of sp³-hybridized carbons (Fsp3) is 1.00. The minimum absolute atomic E-state index is 0.0405. The lowest BCUT2D eigenvalue weighted by Gasteiger charge is -2.38. The third-order valence-corrected chi connectivity index (χ3v) is 2.12. The van der Waals surface area contributed by atoms with Crippen molar-refractivity contribution in [1.82, 2.24) is 0 Å². The number of hydrogen-bond donors (Lipinski definition) is 1. The molecular formula is C9H18O3. The van der Waals surface area contributed by atoms with Gasteiger partial charge in [-0.2, -0.15) is 0 Å². The predicted molar refractivity (Wildman–Crippen MR) is 46.0 cm³/mol. The number of hydrogen-bond acceptors (Lipinski definition) is 3. The lowest BCUT2D eigenvalue weighted by molar-refractivity contribution is -0.199. The zero-order chi connectivity index (χ0) is 9.19. The summed E-state index contributed by atoms with van der Waals surface area (Å²) in [5.74, 6) is 0.157. The summed E-state index contributed by atoms with van der Waals surface area (Å²) < 4.78 is 11.1. The second kappa shape index (κ2) is 3.73. The highest BCUT2D eigenvalue weighted by Crippen LogP contribution is 2.22. The highest BCUT2D eigenvalue weighted by atomic mass is 16.6. The average molecular weight is 174 g/mol. The molecular weight excluding hydrogens is 156 g/mol. The monoisotopic (exact) mass is 174 g/mol. The molecule has 0 aromatic carbocycles. The van der Waals surface area contributed by atoms with Crippen LogP contribution in [0.2, 0.25) is 0 Å². The van der Waals surface area contributed by atoms with Gasteiger partial charge in [-0.25, -0.2) is 0 Å². The molecule has 3 heteroatoms. The molecule has 0 amide bonds. The number of ether oxygens (including phenoxy) is 2. The van der Waals surface area contributed by atoms with Crippen molar-refractivity contribution in [2.24, 2.45) is 5.92 Å².